The molecule has 172 valence electrons. The molecule has 8 heteroatoms. The van der Waals surface area contributed by atoms with E-state index in [9.17, 15) is 9.59 Å². The van der Waals surface area contributed by atoms with E-state index in [0.29, 0.717) is 41.6 Å². The average Bonchev–Trinajstić information content (AvgIpc) is 3.36. The quantitative estimate of drug-likeness (QED) is 0.650. The van der Waals surface area contributed by atoms with Crippen molar-refractivity contribution in [3.8, 4) is 17.2 Å². The minimum atomic E-state index is -0.579. The zero-order chi connectivity index (χ0) is 23.3. The van der Waals surface area contributed by atoms with Gasteiger partial charge in [-0.25, -0.2) is 0 Å². The predicted molar refractivity (Wildman–Crippen MR) is 126 cm³/mol. The molecule has 2 aromatic rings. The summed E-state index contributed by atoms with van der Waals surface area (Å²) in [5.41, 5.74) is 1.92. The number of nitrogens with one attached hydrogen (secondary N) is 1. The lowest BCUT2D eigenvalue weighted by molar-refractivity contribution is -0.133. The van der Waals surface area contributed by atoms with E-state index in [1.165, 1.54) is 11.3 Å². The van der Waals surface area contributed by atoms with Gasteiger partial charge in [0.2, 0.25) is 5.91 Å². The molecular weight excluding hydrogens is 428 g/mol. The number of methoxy groups -OCH3 is 3. The molecule has 7 nitrogen and oxygen atoms in total. The van der Waals surface area contributed by atoms with Crippen molar-refractivity contribution in [1.29, 1.82) is 0 Å². The van der Waals surface area contributed by atoms with Crippen LogP contribution in [-0.2, 0) is 4.79 Å². The van der Waals surface area contributed by atoms with E-state index in [0.717, 1.165) is 11.1 Å². The van der Waals surface area contributed by atoms with Crippen LogP contribution in [0.5, 0.6) is 17.2 Å². The predicted octanol–water partition coefficient (Wildman–Crippen LogP) is 3.84. The summed E-state index contributed by atoms with van der Waals surface area (Å²) in [6.45, 7) is 4.87. The molecule has 0 saturated heterocycles. The first-order valence-electron chi connectivity index (χ1n) is 10.5. The molecule has 1 aromatic heterocycles. The van der Waals surface area contributed by atoms with Crippen LogP contribution in [0.25, 0.3) is 5.57 Å². The minimum Gasteiger partial charge on any atom is -0.496 e. The number of nitrogens with zero attached hydrogens (tertiary/aromatic N) is 1. The van der Waals surface area contributed by atoms with Crippen LogP contribution in [0.3, 0.4) is 0 Å². The van der Waals surface area contributed by atoms with Crippen molar-refractivity contribution in [2.45, 2.75) is 26.3 Å². The third-order valence-electron chi connectivity index (χ3n) is 5.52. The first-order valence-corrected chi connectivity index (χ1v) is 11.4. The molecule has 0 unspecified atom stereocenters. The molecule has 0 fully saturated rings. The number of rotatable bonds is 8. The normalized spacial score (nSPS) is 14.6. The van der Waals surface area contributed by atoms with E-state index in [-0.39, 0.29) is 17.7 Å². The van der Waals surface area contributed by atoms with Crippen LogP contribution in [0, 0.1) is 5.92 Å². The summed E-state index contributed by atoms with van der Waals surface area (Å²) in [7, 11) is 4.82. The lowest BCUT2D eigenvalue weighted by Gasteiger charge is -2.32. The summed E-state index contributed by atoms with van der Waals surface area (Å²) in [5.74, 6) is 1.66. The molecule has 0 saturated carbocycles. The summed E-state index contributed by atoms with van der Waals surface area (Å²) < 4.78 is 16.5. The van der Waals surface area contributed by atoms with E-state index in [1.54, 1.807) is 32.3 Å². The highest BCUT2D eigenvalue weighted by molar-refractivity contribution is 7.12. The van der Waals surface area contributed by atoms with E-state index in [4.69, 9.17) is 14.2 Å². The van der Waals surface area contributed by atoms with Crippen molar-refractivity contribution in [3.05, 3.63) is 46.2 Å². The van der Waals surface area contributed by atoms with Crippen molar-refractivity contribution in [2.24, 2.45) is 5.92 Å². The third kappa shape index (κ3) is 5.07. The molecule has 1 atom stereocenters. The van der Waals surface area contributed by atoms with E-state index in [2.05, 4.69) is 5.32 Å². The molecule has 0 aliphatic carbocycles. The summed E-state index contributed by atoms with van der Waals surface area (Å²) in [6, 6.07) is 6.65. The monoisotopic (exact) mass is 458 g/mol. The lowest BCUT2D eigenvalue weighted by Crippen LogP contribution is -2.52. The zero-order valence-corrected chi connectivity index (χ0v) is 20.0. The van der Waals surface area contributed by atoms with Crippen molar-refractivity contribution >= 4 is 28.7 Å². The van der Waals surface area contributed by atoms with Gasteiger partial charge in [0.15, 0.2) is 0 Å². The van der Waals surface area contributed by atoms with Gasteiger partial charge in [-0.3, -0.25) is 9.59 Å². The van der Waals surface area contributed by atoms with Gasteiger partial charge >= 0.3 is 0 Å². The molecule has 0 radical (unpaired) electrons. The smallest absolute Gasteiger partial charge is 0.262 e. The second-order valence-corrected chi connectivity index (χ2v) is 8.79. The van der Waals surface area contributed by atoms with Crippen LogP contribution in [-0.4, -0.2) is 57.2 Å². The van der Waals surface area contributed by atoms with Gasteiger partial charge in [0, 0.05) is 25.2 Å². The largest absolute Gasteiger partial charge is 0.496 e. The van der Waals surface area contributed by atoms with Gasteiger partial charge in [0.1, 0.15) is 23.3 Å². The van der Waals surface area contributed by atoms with Gasteiger partial charge in [-0.1, -0.05) is 26.0 Å². The average molecular weight is 459 g/mol. The maximum Gasteiger partial charge on any atom is 0.262 e. The SMILES string of the molecule is COc1cc(OC)c(C2=CCN(C(=O)[C@@H](NC(=O)c3cccs3)C(C)C)CC2)c(OC)c1. The zero-order valence-electron chi connectivity index (χ0n) is 19.1. The van der Waals surface area contributed by atoms with Crippen LogP contribution >= 0.6 is 11.3 Å². The molecule has 2 amide bonds. The summed E-state index contributed by atoms with van der Waals surface area (Å²) in [6.07, 6.45) is 2.67. The number of carbonyl (C=O) groups excluding carboxylic acids is 2. The van der Waals surface area contributed by atoms with Gasteiger partial charge in [0.25, 0.3) is 5.91 Å². The fourth-order valence-electron chi connectivity index (χ4n) is 3.75. The Bertz CT molecular complexity index is 959. The first-order chi connectivity index (χ1) is 15.4. The highest BCUT2D eigenvalue weighted by atomic mass is 32.1. The Morgan fingerprint density at radius 1 is 1.09 bits per heavy atom. The molecule has 1 aromatic carbocycles. The molecule has 2 heterocycles. The Balaban J connectivity index is 1.78. The van der Waals surface area contributed by atoms with Gasteiger partial charge in [-0.15, -0.1) is 11.3 Å². The standard InChI is InChI=1S/C24H30N2O5S/c1-15(2)22(25-23(27)20-7-6-12-32-20)24(28)26-10-8-16(9-11-26)21-18(30-4)13-17(29-3)14-19(21)31-5/h6-8,12-15,22H,9-11H2,1-5H3,(H,25,27)/t22-/m0/s1. The maximum absolute atomic E-state index is 13.2. The minimum absolute atomic E-state index is 0.0291. The Morgan fingerprint density at radius 3 is 2.25 bits per heavy atom. The molecule has 3 rings (SSSR count). The molecule has 0 spiro atoms. The second-order valence-electron chi connectivity index (χ2n) is 7.84. The van der Waals surface area contributed by atoms with Crippen LogP contribution in [0.1, 0.15) is 35.5 Å². The fraction of sp³-hybridized carbons (Fsp3) is 0.417. The summed E-state index contributed by atoms with van der Waals surface area (Å²) in [5, 5.41) is 4.76. The van der Waals surface area contributed by atoms with Crippen molar-refractivity contribution in [3.63, 3.8) is 0 Å². The van der Waals surface area contributed by atoms with Gasteiger partial charge in [-0.05, 0) is 29.4 Å². The number of ether oxygens (including phenoxy) is 3. The lowest BCUT2D eigenvalue weighted by atomic mass is 9.96. The molecular formula is C24H30N2O5S. The van der Waals surface area contributed by atoms with Crippen molar-refractivity contribution in [1.82, 2.24) is 10.2 Å². The Morgan fingerprint density at radius 2 is 1.78 bits per heavy atom. The topological polar surface area (TPSA) is 77.1 Å². The Hall–Kier alpha value is -3.00. The molecule has 0 bridgehead atoms. The van der Waals surface area contributed by atoms with E-state index < -0.39 is 6.04 Å². The Labute approximate surface area is 193 Å². The maximum atomic E-state index is 13.2. The summed E-state index contributed by atoms with van der Waals surface area (Å²) in [4.78, 5) is 28.1. The number of benzene rings is 1. The van der Waals surface area contributed by atoms with Crippen LogP contribution < -0.4 is 19.5 Å². The highest BCUT2D eigenvalue weighted by Gasteiger charge is 2.31. The van der Waals surface area contributed by atoms with Crippen LogP contribution in [0.4, 0.5) is 0 Å². The molecule has 32 heavy (non-hydrogen) atoms. The van der Waals surface area contributed by atoms with Gasteiger partial charge in [0.05, 0.1) is 31.8 Å². The number of carbonyl (C=O) groups is 2. The Kier molecular flexibility index (Phi) is 7.80. The molecule has 1 aliphatic heterocycles. The van der Waals surface area contributed by atoms with Gasteiger partial charge < -0.3 is 24.4 Å². The highest BCUT2D eigenvalue weighted by Crippen LogP contribution is 2.40. The number of thiophene rings is 1. The van der Waals surface area contributed by atoms with Crippen LogP contribution in [0.15, 0.2) is 35.7 Å². The molecule has 1 N–H and O–H groups in total. The first kappa shape index (κ1) is 23.7. The van der Waals surface area contributed by atoms with Crippen molar-refractivity contribution in [2.75, 3.05) is 34.4 Å². The van der Waals surface area contributed by atoms with Crippen molar-refractivity contribution < 1.29 is 23.8 Å². The second kappa shape index (κ2) is 10.5. The summed E-state index contributed by atoms with van der Waals surface area (Å²) >= 11 is 1.36. The molecule has 1 aliphatic rings. The van der Waals surface area contributed by atoms with E-state index >= 15 is 0 Å². The van der Waals surface area contributed by atoms with Crippen LogP contribution in [0.2, 0.25) is 0 Å². The third-order valence-corrected chi connectivity index (χ3v) is 6.39. The number of hydrogen-bond acceptors (Lipinski definition) is 6. The van der Waals surface area contributed by atoms with Gasteiger partial charge in [-0.2, -0.15) is 0 Å². The fourth-order valence-corrected chi connectivity index (χ4v) is 4.38. The number of amides is 2. The van der Waals surface area contributed by atoms with E-state index in [1.807, 2.05) is 43.5 Å². The number of hydrogen-bond donors (Lipinski definition) is 1.